The summed E-state index contributed by atoms with van der Waals surface area (Å²) in [6.45, 7) is 6.55. The van der Waals surface area contributed by atoms with Crippen LogP contribution in [0.3, 0.4) is 0 Å². The summed E-state index contributed by atoms with van der Waals surface area (Å²) in [5, 5.41) is 0. The van der Waals surface area contributed by atoms with Gasteiger partial charge in [0.25, 0.3) is 0 Å². The Bertz CT molecular complexity index is 494. The molecule has 2 atom stereocenters. The van der Waals surface area contributed by atoms with Gasteiger partial charge >= 0.3 is 0 Å². The number of aryl methyl sites for hydroxylation is 3. The van der Waals surface area contributed by atoms with Crippen molar-refractivity contribution in [3.05, 3.63) is 34.4 Å². The molecule has 0 heterocycles. The van der Waals surface area contributed by atoms with E-state index in [4.69, 9.17) is 0 Å². The van der Waals surface area contributed by atoms with Gasteiger partial charge in [-0.1, -0.05) is 32.9 Å². The van der Waals surface area contributed by atoms with Crippen LogP contribution in [-0.4, -0.2) is 5.78 Å². The number of fused-ring (bicyclic) bond motifs is 1. The summed E-state index contributed by atoms with van der Waals surface area (Å²) >= 11 is 0. The quantitative estimate of drug-likeness (QED) is 0.714. The normalized spacial score (nSPS) is 27.4. The minimum atomic E-state index is 0.321. The molecule has 108 valence electrons. The standard InChI is InChI=1S/C19H26O/c1-4-12-7-13(5-2)18(14(6-3)8-12)19(20)17-10-15-9-16(15)11-17/h7-8,15-17H,4-6,9-11H2,1-3H3. The predicted molar refractivity (Wildman–Crippen MR) is 83.2 cm³/mol. The lowest BCUT2D eigenvalue weighted by molar-refractivity contribution is 0.0912. The Balaban J connectivity index is 1.95. The molecule has 2 saturated carbocycles. The maximum Gasteiger partial charge on any atom is 0.166 e. The highest BCUT2D eigenvalue weighted by Crippen LogP contribution is 2.55. The molecule has 0 amide bonds. The fourth-order valence-corrected chi connectivity index (χ4v) is 4.05. The lowest BCUT2D eigenvalue weighted by Gasteiger charge is -2.18. The molecular weight excluding hydrogens is 244 g/mol. The molecule has 1 aromatic rings. The number of benzene rings is 1. The van der Waals surface area contributed by atoms with Crippen LogP contribution in [0.5, 0.6) is 0 Å². The molecule has 1 heteroatoms. The molecule has 20 heavy (non-hydrogen) atoms. The minimum absolute atomic E-state index is 0.321. The predicted octanol–water partition coefficient (Wildman–Crippen LogP) is 4.60. The van der Waals surface area contributed by atoms with E-state index in [9.17, 15) is 4.79 Å². The van der Waals surface area contributed by atoms with Crippen LogP contribution >= 0.6 is 0 Å². The van der Waals surface area contributed by atoms with E-state index >= 15 is 0 Å². The number of rotatable bonds is 5. The molecule has 0 saturated heterocycles. The summed E-state index contributed by atoms with van der Waals surface area (Å²) < 4.78 is 0. The van der Waals surface area contributed by atoms with Crippen molar-refractivity contribution >= 4 is 5.78 Å². The van der Waals surface area contributed by atoms with Gasteiger partial charge in [0.05, 0.1) is 0 Å². The lowest BCUT2D eigenvalue weighted by Crippen LogP contribution is -2.17. The van der Waals surface area contributed by atoms with Crippen molar-refractivity contribution in [3.63, 3.8) is 0 Å². The molecule has 0 spiro atoms. The van der Waals surface area contributed by atoms with E-state index in [0.29, 0.717) is 11.7 Å². The second-order valence-electron chi connectivity index (χ2n) is 6.64. The molecule has 2 unspecified atom stereocenters. The number of ketones is 1. The minimum Gasteiger partial charge on any atom is -0.294 e. The maximum absolute atomic E-state index is 13.0. The summed E-state index contributed by atoms with van der Waals surface area (Å²) in [6, 6.07) is 4.53. The van der Waals surface area contributed by atoms with Crippen molar-refractivity contribution in [1.29, 1.82) is 0 Å². The van der Waals surface area contributed by atoms with Gasteiger partial charge in [-0.2, -0.15) is 0 Å². The maximum atomic E-state index is 13.0. The second kappa shape index (κ2) is 5.35. The van der Waals surface area contributed by atoms with Crippen molar-refractivity contribution in [2.75, 3.05) is 0 Å². The van der Waals surface area contributed by atoms with E-state index in [1.807, 2.05) is 0 Å². The first-order chi connectivity index (χ1) is 9.67. The third-order valence-electron chi connectivity index (χ3n) is 5.39. The van der Waals surface area contributed by atoms with E-state index in [1.54, 1.807) is 0 Å². The van der Waals surface area contributed by atoms with Crippen LogP contribution < -0.4 is 0 Å². The number of Topliss-reactive ketones (excluding diaryl/α,β-unsaturated/α-hetero) is 1. The third-order valence-corrected chi connectivity index (χ3v) is 5.39. The molecule has 2 aliphatic carbocycles. The Kier molecular flexibility index (Phi) is 3.70. The van der Waals surface area contributed by atoms with E-state index in [-0.39, 0.29) is 0 Å². The third kappa shape index (κ3) is 2.32. The second-order valence-corrected chi connectivity index (χ2v) is 6.64. The summed E-state index contributed by atoms with van der Waals surface area (Å²) in [6.07, 6.45) is 6.71. The molecule has 2 aliphatic rings. The van der Waals surface area contributed by atoms with Gasteiger partial charge in [0.2, 0.25) is 0 Å². The molecular formula is C19H26O. The number of carbonyl (C=O) groups excluding carboxylic acids is 1. The van der Waals surface area contributed by atoms with Crippen LogP contribution in [0.25, 0.3) is 0 Å². The Morgan fingerprint density at radius 1 is 0.950 bits per heavy atom. The summed E-state index contributed by atoms with van der Waals surface area (Å²) in [4.78, 5) is 13.0. The van der Waals surface area contributed by atoms with E-state index < -0.39 is 0 Å². The summed E-state index contributed by atoms with van der Waals surface area (Å²) in [5.41, 5.74) is 5.03. The molecule has 2 fully saturated rings. The highest BCUT2D eigenvalue weighted by molar-refractivity contribution is 6.01. The van der Waals surface area contributed by atoms with Crippen LogP contribution in [0, 0.1) is 17.8 Å². The molecule has 0 aromatic heterocycles. The molecule has 0 radical (unpaired) electrons. The van der Waals surface area contributed by atoms with Crippen LogP contribution in [0.4, 0.5) is 0 Å². The first-order valence-electron chi connectivity index (χ1n) is 8.36. The van der Waals surface area contributed by atoms with Gasteiger partial charge in [-0.05, 0) is 67.1 Å². The van der Waals surface area contributed by atoms with E-state index in [2.05, 4.69) is 32.9 Å². The lowest BCUT2D eigenvalue weighted by atomic mass is 9.85. The monoisotopic (exact) mass is 270 g/mol. The largest absolute Gasteiger partial charge is 0.294 e. The van der Waals surface area contributed by atoms with Crippen molar-refractivity contribution in [3.8, 4) is 0 Å². The molecule has 0 N–H and O–H groups in total. The van der Waals surface area contributed by atoms with Gasteiger partial charge in [-0.25, -0.2) is 0 Å². The van der Waals surface area contributed by atoms with Gasteiger partial charge in [0.15, 0.2) is 5.78 Å². The molecule has 0 bridgehead atoms. The first-order valence-corrected chi connectivity index (χ1v) is 8.36. The number of hydrogen-bond acceptors (Lipinski definition) is 1. The van der Waals surface area contributed by atoms with Crippen LogP contribution in [0.15, 0.2) is 12.1 Å². The van der Waals surface area contributed by atoms with Gasteiger partial charge in [0.1, 0.15) is 0 Å². The Morgan fingerprint density at radius 3 is 1.95 bits per heavy atom. The zero-order valence-electron chi connectivity index (χ0n) is 13.0. The zero-order chi connectivity index (χ0) is 14.3. The number of carbonyl (C=O) groups is 1. The molecule has 1 aromatic carbocycles. The van der Waals surface area contributed by atoms with Crippen LogP contribution in [-0.2, 0) is 19.3 Å². The summed E-state index contributed by atoms with van der Waals surface area (Å²) in [5.74, 6) is 2.54. The SMILES string of the molecule is CCc1cc(CC)c(C(=O)C2CC3CC3C2)c(CC)c1. The molecule has 3 rings (SSSR count). The van der Waals surface area contributed by atoms with Gasteiger partial charge in [-0.3, -0.25) is 4.79 Å². The Labute approximate surface area is 122 Å². The fourth-order valence-electron chi connectivity index (χ4n) is 4.05. The topological polar surface area (TPSA) is 17.1 Å². The van der Waals surface area contributed by atoms with Crippen molar-refractivity contribution < 1.29 is 4.79 Å². The van der Waals surface area contributed by atoms with Gasteiger partial charge in [0, 0.05) is 11.5 Å². The first kappa shape index (κ1) is 13.9. The fraction of sp³-hybridized carbons (Fsp3) is 0.632. The molecule has 0 aliphatic heterocycles. The van der Waals surface area contributed by atoms with Crippen molar-refractivity contribution in [2.45, 2.75) is 59.3 Å². The smallest absolute Gasteiger partial charge is 0.166 e. The van der Waals surface area contributed by atoms with E-state index in [0.717, 1.165) is 49.5 Å². The van der Waals surface area contributed by atoms with Crippen LogP contribution in [0.1, 0.15) is 67.1 Å². The van der Waals surface area contributed by atoms with Crippen molar-refractivity contribution in [1.82, 2.24) is 0 Å². The average molecular weight is 270 g/mol. The highest BCUT2D eigenvalue weighted by atomic mass is 16.1. The summed E-state index contributed by atoms with van der Waals surface area (Å²) in [7, 11) is 0. The van der Waals surface area contributed by atoms with Gasteiger partial charge in [-0.15, -0.1) is 0 Å². The van der Waals surface area contributed by atoms with Gasteiger partial charge < -0.3 is 0 Å². The Morgan fingerprint density at radius 2 is 1.50 bits per heavy atom. The Hall–Kier alpha value is -1.11. The van der Waals surface area contributed by atoms with Crippen molar-refractivity contribution in [2.24, 2.45) is 17.8 Å². The number of hydrogen-bond donors (Lipinski definition) is 0. The van der Waals surface area contributed by atoms with E-state index in [1.165, 1.54) is 23.1 Å². The van der Waals surface area contributed by atoms with Crippen LogP contribution in [0.2, 0.25) is 0 Å². The average Bonchev–Trinajstić information content (AvgIpc) is 3.10. The molecule has 1 nitrogen and oxygen atoms in total. The highest BCUT2D eigenvalue weighted by Gasteiger charge is 2.48. The zero-order valence-corrected chi connectivity index (χ0v) is 13.0.